The van der Waals surface area contributed by atoms with Crippen LogP contribution in [0.5, 0.6) is 5.88 Å². The first-order valence-electron chi connectivity index (χ1n) is 12.7. The van der Waals surface area contributed by atoms with E-state index in [0.29, 0.717) is 25.1 Å². The van der Waals surface area contributed by atoms with Crippen molar-refractivity contribution in [3.05, 3.63) is 70.8 Å². The van der Waals surface area contributed by atoms with Crippen molar-refractivity contribution in [2.24, 2.45) is 0 Å². The number of amides is 2. The van der Waals surface area contributed by atoms with Crippen molar-refractivity contribution >= 4 is 40.3 Å². The third-order valence-electron chi connectivity index (χ3n) is 5.99. The second-order valence-electron chi connectivity index (χ2n) is 9.60. The third kappa shape index (κ3) is 8.33. The van der Waals surface area contributed by atoms with Gasteiger partial charge in [0.25, 0.3) is 18.2 Å². The molecule has 0 bridgehead atoms. The molecule has 0 radical (unpaired) electrons. The summed E-state index contributed by atoms with van der Waals surface area (Å²) in [6.07, 6.45) is -12.6. The molecule has 0 saturated carbocycles. The molecule has 0 aliphatic rings. The molecule has 4 aromatic rings. The highest BCUT2D eigenvalue weighted by Gasteiger charge is 2.35. The number of alkyl halides is 10. The number of ether oxygens (including phenoxy) is 1. The lowest BCUT2D eigenvalue weighted by Gasteiger charge is -2.16. The molecule has 0 aliphatic carbocycles. The Labute approximate surface area is 251 Å². The molecule has 46 heavy (non-hydrogen) atoms. The van der Waals surface area contributed by atoms with Crippen LogP contribution in [-0.4, -0.2) is 45.7 Å². The fourth-order valence-corrected chi connectivity index (χ4v) is 3.86. The van der Waals surface area contributed by atoms with Crippen molar-refractivity contribution in [3.63, 3.8) is 0 Å². The fraction of sp³-hybridized carbons (Fsp3) is 0.259. The maximum absolute atomic E-state index is 13.7. The summed E-state index contributed by atoms with van der Waals surface area (Å²) in [5.74, 6) is -7.51. The number of aromatic nitrogens is 3. The molecule has 9 nitrogen and oxygen atoms in total. The van der Waals surface area contributed by atoms with Gasteiger partial charge in [-0.25, -0.2) is 8.78 Å². The Kier molecular flexibility index (Phi) is 9.34. The first kappa shape index (κ1) is 33.8. The number of hydrogen-bond donors (Lipinski definition) is 4. The van der Waals surface area contributed by atoms with E-state index in [-0.39, 0.29) is 22.4 Å². The molecule has 4 N–H and O–H groups in total. The number of nitrogens with zero attached hydrogens (tertiary/aromatic N) is 2. The van der Waals surface area contributed by atoms with Crippen molar-refractivity contribution in [2.75, 3.05) is 17.2 Å². The van der Waals surface area contributed by atoms with E-state index in [2.05, 4.69) is 25.6 Å². The Bertz CT molecular complexity index is 1730. The molecule has 0 saturated heterocycles. The summed E-state index contributed by atoms with van der Waals surface area (Å²) in [7, 11) is 0. The van der Waals surface area contributed by atoms with Crippen molar-refractivity contribution < 1.29 is 58.2 Å². The first-order chi connectivity index (χ1) is 21.3. The number of H-pyrrole nitrogens is 1. The number of anilines is 3. The number of aromatic amines is 1. The molecule has 0 atom stereocenters. The van der Waals surface area contributed by atoms with E-state index in [9.17, 15) is 53.5 Å². The first-order valence-corrected chi connectivity index (χ1v) is 12.7. The number of benzene rings is 2. The number of pyridine rings is 1. The number of hydrogen-bond acceptors (Lipinski definition) is 6. The molecule has 246 valence electrons. The van der Waals surface area contributed by atoms with Crippen LogP contribution in [0.4, 0.5) is 61.2 Å². The summed E-state index contributed by atoms with van der Waals surface area (Å²) >= 11 is 0. The SMILES string of the molecule is CC(F)(F)C(=O)NCc1ccc(C(F)(F)F)c(Nc2nc3nc(OCC(F)F)c(C(=O)Nc4ccc(C(F)(F)F)cc4)cc3[nH]2)c1. The van der Waals surface area contributed by atoms with Crippen LogP contribution in [0.15, 0.2) is 48.5 Å². The normalized spacial score (nSPS) is 12.3. The highest BCUT2D eigenvalue weighted by Crippen LogP contribution is 2.37. The van der Waals surface area contributed by atoms with Gasteiger partial charge < -0.3 is 25.7 Å². The number of carbonyl (C=O) groups is 2. The van der Waals surface area contributed by atoms with Gasteiger partial charge in [0.05, 0.1) is 22.3 Å². The second kappa shape index (κ2) is 12.7. The Hall–Kier alpha value is -5.10. The van der Waals surface area contributed by atoms with Crippen molar-refractivity contribution in [2.45, 2.75) is 38.2 Å². The standard InChI is InChI=1S/C27H20F10N6O3/c1-25(30,31)23(45)38-10-12-2-7-16(27(35,36)37)17(8-12)40-24-41-18-9-15(22(42-20(18)43-24)46-11-19(28)29)21(44)39-14-5-3-13(4-6-14)26(32,33)34/h2-9,19H,10-11H2,1H3,(H,38,45)(H,39,44)(H2,40,41,42,43). The summed E-state index contributed by atoms with van der Waals surface area (Å²) in [4.78, 5) is 34.9. The molecule has 4 rings (SSSR count). The molecular weight excluding hydrogens is 646 g/mol. The zero-order valence-corrected chi connectivity index (χ0v) is 23.0. The molecule has 0 unspecified atom stereocenters. The predicted molar refractivity (Wildman–Crippen MR) is 142 cm³/mol. The number of carbonyl (C=O) groups excluding carboxylic acids is 2. The van der Waals surface area contributed by atoms with Gasteiger partial charge in [-0.15, -0.1) is 0 Å². The Morgan fingerprint density at radius 3 is 2.17 bits per heavy atom. The summed E-state index contributed by atoms with van der Waals surface area (Å²) < 4.78 is 137. The van der Waals surface area contributed by atoms with E-state index in [0.717, 1.165) is 30.3 Å². The van der Waals surface area contributed by atoms with Crippen LogP contribution in [-0.2, 0) is 23.7 Å². The van der Waals surface area contributed by atoms with E-state index < -0.39 is 83.9 Å². The maximum atomic E-state index is 13.7. The number of nitrogens with one attached hydrogen (secondary N) is 4. The lowest BCUT2D eigenvalue weighted by atomic mass is 10.1. The van der Waals surface area contributed by atoms with Crippen molar-refractivity contribution in [1.29, 1.82) is 0 Å². The van der Waals surface area contributed by atoms with E-state index in [4.69, 9.17) is 4.74 Å². The van der Waals surface area contributed by atoms with Gasteiger partial charge in [0.1, 0.15) is 5.56 Å². The van der Waals surface area contributed by atoms with Gasteiger partial charge in [-0.3, -0.25) is 9.59 Å². The molecule has 2 amide bonds. The van der Waals surface area contributed by atoms with Crippen LogP contribution in [0, 0.1) is 0 Å². The van der Waals surface area contributed by atoms with Crippen molar-refractivity contribution in [3.8, 4) is 5.88 Å². The van der Waals surface area contributed by atoms with Crippen LogP contribution >= 0.6 is 0 Å². The minimum atomic E-state index is -4.91. The average Bonchev–Trinajstić information content (AvgIpc) is 3.34. The van der Waals surface area contributed by atoms with Gasteiger partial charge in [-0.05, 0) is 48.0 Å². The third-order valence-corrected chi connectivity index (χ3v) is 5.99. The van der Waals surface area contributed by atoms with Crippen LogP contribution < -0.4 is 20.7 Å². The summed E-state index contributed by atoms with van der Waals surface area (Å²) in [6, 6.07) is 6.78. The van der Waals surface area contributed by atoms with Gasteiger partial charge >= 0.3 is 18.3 Å². The fourth-order valence-electron chi connectivity index (χ4n) is 3.86. The molecule has 2 aromatic heterocycles. The van der Waals surface area contributed by atoms with E-state index in [1.54, 1.807) is 0 Å². The van der Waals surface area contributed by atoms with Crippen LogP contribution in [0.25, 0.3) is 11.2 Å². The Morgan fingerprint density at radius 1 is 0.913 bits per heavy atom. The largest absolute Gasteiger partial charge is 0.471 e. The van der Waals surface area contributed by atoms with Gasteiger partial charge in [0, 0.05) is 19.2 Å². The second-order valence-corrected chi connectivity index (χ2v) is 9.60. The van der Waals surface area contributed by atoms with Crippen LogP contribution in [0.3, 0.4) is 0 Å². The van der Waals surface area contributed by atoms with Crippen LogP contribution in [0.2, 0.25) is 0 Å². The zero-order chi connectivity index (χ0) is 34.0. The highest BCUT2D eigenvalue weighted by atomic mass is 19.4. The van der Waals surface area contributed by atoms with Gasteiger partial charge in [-0.2, -0.15) is 45.1 Å². The highest BCUT2D eigenvalue weighted by molar-refractivity contribution is 6.07. The van der Waals surface area contributed by atoms with E-state index >= 15 is 0 Å². The molecule has 2 aromatic carbocycles. The zero-order valence-electron chi connectivity index (χ0n) is 23.0. The summed E-state index contributed by atoms with van der Waals surface area (Å²) in [5.41, 5.74) is -3.85. The molecule has 2 heterocycles. The molecule has 0 aliphatic heterocycles. The van der Waals surface area contributed by atoms with Crippen LogP contribution in [0.1, 0.15) is 34.0 Å². The minimum Gasteiger partial charge on any atom is -0.471 e. The van der Waals surface area contributed by atoms with E-state index in [1.165, 1.54) is 0 Å². The smallest absolute Gasteiger partial charge is 0.418 e. The van der Waals surface area contributed by atoms with Gasteiger partial charge in [0.15, 0.2) is 12.3 Å². The minimum absolute atomic E-state index is 0.00718. The lowest BCUT2D eigenvalue weighted by Crippen LogP contribution is -2.37. The molecule has 0 spiro atoms. The number of rotatable bonds is 10. The van der Waals surface area contributed by atoms with Gasteiger partial charge in [0.2, 0.25) is 11.8 Å². The quantitative estimate of drug-likeness (QED) is 0.137. The summed E-state index contributed by atoms with van der Waals surface area (Å²) in [6.45, 7) is -1.44. The number of fused-ring (bicyclic) bond motifs is 1. The summed E-state index contributed by atoms with van der Waals surface area (Å²) in [5, 5.41) is 6.52. The molecule has 19 heteroatoms. The number of imidazole rings is 1. The van der Waals surface area contributed by atoms with Crippen molar-refractivity contribution in [1.82, 2.24) is 20.3 Å². The maximum Gasteiger partial charge on any atom is 0.418 e. The lowest BCUT2D eigenvalue weighted by molar-refractivity contribution is -0.143. The Morgan fingerprint density at radius 2 is 1.59 bits per heavy atom. The predicted octanol–water partition coefficient (Wildman–Crippen LogP) is 6.91. The monoisotopic (exact) mass is 666 g/mol. The van der Waals surface area contributed by atoms with E-state index in [1.807, 2.05) is 5.32 Å². The number of halogens is 10. The molecular formula is C27H20F10N6O3. The van der Waals surface area contributed by atoms with Gasteiger partial charge in [-0.1, -0.05) is 6.07 Å². The topological polar surface area (TPSA) is 121 Å². The average molecular weight is 666 g/mol. The molecule has 0 fully saturated rings. The Balaban J connectivity index is 1.66.